The van der Waals surface area contributed by atoms with Gasteiger partial charge in [0.1, 0.15) is 16.9 Å². The van der Waals surface area contributed by atoms with Gasteiger partial charge in [0, 0.05) is 30.9 Å². The summed E-state index contributed by atoms with van der Waals surface area (Å²) in [5, 5.41) is -0.277. The summed E-state index contributed by atoms with van der Waals surface area (Å²) in [6.07, 6.45) is -1.95. The average Bonchev–Trinajstić information content (AvgIpc) is 3.49. The summed E-state index contributed by atoms with van der Waals surface area (Å²) in [7, 11) is -2.48. The van der Waals surface area contributed by atoms with Crippen molar-refractivity contribution in [3.63, 3.8) is 0 Å². The van der Waals surface area contributed by atoms with E-state index >= 15 is 0 Å². The second-order valence-electron chi connectivity index (χ2n) is 8.27. The topological polar surface area (TPSA) is 82.1 Å². The van der Waals surface area contributed by atoms with Gasteiger partial charge in [0.05, 0.1) is 11.3 Å². The standard InChI is InChI=1S/C21H18F5N5O2S/c1-3-34(32,33)19-16(18-28-14-8-13(21(24,25)26)10-27-17(14)30(18)2)29-15-9-12(6-7-31(15)19)20(22,23)11-4-5-11/h6-11H,3-5H2,1-2H3. The van der Waals surface area contributed by atoms with E-state index in [2.05, 4.69) is 15.0 Å². The highest BCUT2D eigenvalue weighted by atomic mass is 32.2. The SMILES string of the molecule is CCS(=O)(=O)c1c(-c2nc3cc(C(F)(F)F)cnc3n2C)nc2cc(C(F)(F)C3CC3)ccn12. The summed E-state index contributed by atoms with van der Waals surface area (Å²) >= 11 is 0. The number of nitrogens with zero attached hydrogens (tertiary/aromatic N) is 5. The third-order valence-corrected chi connectivity index (χ3v) is 7.72. The minimum atomic E-state index is -4.64. The van der Waals surface area contributed by atoms with E-state index < -0.39 is 33.4 Å². The molecule has 7 nitrogen and oxygen atoms in total. The smallest absolute Gasteiger partial charge is 0.310 e. The zero-order chi connectivity index (χ0) is 24.6. The predicted octanol–water partition coefficient (Wildman–Crippen LogP) is 4.60. The average molecular weight is 499 g/mol. The summed E-state index contributed by atoms with van der Waals surface area (Å²) in [6.45, 7) is 1.42. The van der Waals surface area contributed by atoms with Gasteiger partial charge in [-0.15, -0.1) is 0 Å². The first-order valence-electron chi connectivity index (χ1n) is 10.4. The molecule has 0 unspecified atom stereocenters. The van der Waals surface area contributed by atoms with Crippen molar-refractivity contribution >= 4 is 26.6 Å². The lowest BCUT2D eigenvalue weighted by Gasteiger charge is -2.16. The minimum Gasteiger partial charge on any atom is -0.310 e. The van der Waals surface area contributed by atoms with Gasteiger partial charge in [0.25, 0.3) is 5.92 Å². The van der Waals surface area contributed by atoms with Crippen molar-refractivity contribution in [2.45, 2.75) is 36.9 Å². The number of fused-ring (bicyclic) bond motifs is 2. The molecule has 180 valence electrons. The lowest BCUT2D eigenvalue weighted by molar-refractivity contribution is -0.137. The monoisotopic (exact) mass is 499 g/mol. The lowest BCUT2D eigenvalue weighted by atomic mass is 10.1. The molecule has 34 heavy (non-hydrogen) atoms. The number of hydrogen-bond acceptors (Lipinski definition) is 5. The quantitative estimate of drug-likeness (QED) is 0.375. The van der Waals surface area contributed by atoms with E-state index in [4.69, 9.17) is 0 Å². The first-order valence-corrected chi connectivity index (χ1v) is 12.0. The normalized spacial score (nSPS) is 15.5. The van der Waals surface area contributed by atoms with Crippen LogP contribution in [0.3, 0.4) is 0 Å². The molecule has 1 aliphatic rings. The van der Waals surface area contributed by atoms with Crippen LogP contribution >= 0.6 is 0 Å². The summed E-state index contributed by atoms with van der Waals surface area (Å²) in [4.78, 5) is 12.3. The molecule has 0 aromatic carbocycles. The Morgan fingerprint density at radius 3 is 2.41 bits per heavy atom. The van der Waals surface area contributed by atoms with E-state index in [0.717, 1.165) is 18.2 Å². The molecule has 1 fully saturated rings. The molecular formula is C21H18F5N5O2S. The summed E-state index contributed by atoms with van der Waals surface area (Å²) in [6, 6.07) is 3.11. The van der Waals surface area contributed by atoms with Gasteiger partial charge in [-0.05, 0) is 31.0 Å². The second kappa shape index (κ2) is 7.20. The number of rotatable bonds is 5. The second-order valence-corrected chi connectivity index (χ2v) is 10.5. The van der Waals surface area contributed by atoms with E-state index in [1.807, 2.05) is 0 Å². The Labute approximate surface area is 190 Å². The number of pyridine rings is 2. The van der Waals surface area contributed by atoms with Gasteiger partial charge < -0.3 is 4.57 Å². The van der Waals surface area contributed by atoms with E-state index in [0.29, 0.717) is 19.0 Å². The number of aromatic nitrogens is 5. The van der Waals surface area contributed by atoms with Crippen molar-refractivity contribution < 1.29 is 30.4 Å². The Balaban J connectivity index is 1.76. The van der Waals surface area contributed by atoms with Gasteiger partial charge in [0.15, 0.2) is 26.3 Å². The van der Waals surface area contributed by atoms with Gasteiger partial charge in [-0.3, -0.25) is 4.40 Å². The van der Waals surface area contributed by atoms with Gasteiger partial charge in [0.2, 0.25) is 0 Å². The molecule has 1 aliphatic carbocycles. The van der Waals surface area contributed by atoms with E-state index in [1.54, 1.807) is 0 Å². The van der Waals surface area contributed by atoms with Crippen LogP contribution in [0.2, 0.25) is 0 Å². The maximum atomic E-state index is 14.7. The van der Waals surface area contributed by atoms with Gasteiger partial charge in [-0.2, -0.15) is 13.2 Å². The fourth-order valence-corrected chi connectivity index (χ4v) is 5.09. The van der Waals surface area contributed by atoms with Crippen LogP contribution in [0.4, 0.5) is 22.0 Å². The highest BCUT2D eigenvalue weighted by molar-refractivity contribution is 7.91. The molecule has 13 heteroatoms. The summed E-state index contributed by atoms with van der Waals surface area (Å²) in [5.74, 6) is -4.20. The fourth-order valence-electron chi connectivity index (χ4n) is 3.93. The molecule has 4 heterocycles. The van der Waals surface area contributed by atoms with Crippen LogP contribution in [0.5, 0.6) is 0 Å². The number of aryl methyl sites for hydroxylation is 1. The number of hydrogen-bond donors (Lipinski definition) is 0. The van der Waals surface area contributed by atoms with Crippen molar-refractivity contribution in [1.82, 2.24) is 23.9 Å². The molecule has 4 aromatic heterocycles. The third kappa shape index (κ3) is 3.44. The Bertz CT molecular complexity index is 1550. The highest BCUT2D eigenvalue weighted by Crippen LogP contribution is 2.50. The zero-order valence-electron chi connectivity index (χ0n) is 17.9. The van der Waals surface area contributed by atoms with E-state index in [1.165, 1.54) is 29.1 Å². The minimum absolute atomic E-state index is 0.0316. The predicted molar refractivity (Wildman–Crippen MR) is 112 cm³/mol. The molecule has 0 N–H and O–H groups in total. The molecule has 0 amide bonds. The molecule has 4 aromatic rings. The Hall–Kier alpha value is -3.09. The number of imidazole rings is 2. The van der Waals surface area contributed by atoms with Crippen molar-refractivity contribution in [1.29, 1.82) is 0 Å². The van der Waals surface area contributed by atoms with E-state index in [9.17, 15) is 30.4 Å². The fraction of sp³-hybridized carbons (Fsp3) is 0.381. The van der Waals surface area contributed by atoms with Gasteiger partial charge in [-0.25, -0.2) is 32.2 Å². The van der Waals surface area contributed by atoms with Gasteiger partial charge in [-0.1, -0.05) is 6.92 Å². The van der Waals surface area contributed by atoms with Crippen molar-refractivity contribution in [2.24, 2.45) is 13.0 Å². The molecule has 1 saturated carbocycles. The van der Waals surface area contributed by atoms with Crippen LogP contribution in [-0.2, 0) is 29.0 Å². The van der Waals surface area contributed by atoms with Crippen LogP contribution in [0.15, 0.2) is 35.6 Å². The van der Waals surface area contributed by atoms with Crippen molar-refractivity contribution in [2.75, 3.05) is 5.75 Å². The van der Waals surface area contributed by atoms with Crippen LogP contribution in [0, 0.1) is 5.92 Å². The molecule has 0 spiro atoms. The molecule has 0 radical (unpaired) electrons. The Kier molecular flexibility index (Phi) is 4.81. The number of alkyl halides is 5. The highest BCUT2D eigenvalue weighted by Gasteiger charge is 2.48. The molecular weight excluding hydrogens is 481 g/mol. The first-order chi connectivity index (χ1) is 15.8. The Morgan fingerprint density at radius 2 is 1.79 bits per heavy atom. The van der Waals surface area contributed by atoms with Crippen molar-refractivity contribution in [3.8, 4) is 11.5 Å². The molecule has 0 bridgehead atoms. The summed E-state index contributed by atoms with van der Waals surface area (Å²) < 4.78 is 97.1. The van der Waals surface area contributed by atoms with Gasteiger partial charge >= 0.3 is 6.18 Å². The molecule has 0 saturated heterocycles. The number of halogens is 5. The van der Waals surface area contributed by atoms with Crippen LogP contribution < -0.4 is 0 Å². The molecule has 0 aliphatic heterocycles. The third-order valence-electron chi connectivity index (χ3n) is 5.98. The van der Waals surface area contributed by atoms with E-state index in [-0.39, 0.29) is 44.7 Å². The molecule has 0 atom stereocenters. The lowest BCUT2D eigenvalue weighted by Crippen LogP contribution is -2.16. The van der Waals surface area contributed by atoms with Crippen molar-refractivity contribution in [3.05, 3.63) is 41.7 Å². The molecule has 5 rings (SSSR count). The van der Waals surface area contributed by atoms with Crippen LogP contribution in [0.1, 0.15) is 30.9 Å². The van der Waals surface area contributed by atoms with Crippen LogP contribution in [0.25, 0.3) is 28.3 Å². The van der Waals surface area contributed by atoms with Crippen LogP contribution in [-0.4, -0.2) is 38.1 Å². The maximum absolute atomic E-state index is 14.7. The first kappa shape index (κ1) is 22.7. The summed E-state index contributed by atoms with van der Waals surface area (Å²) in [5.41, 5.74) is -1.49. The largest absolute Gasteiger partial charge is 0.417 e. The number of sulfone groups is 1. The Morgan fingerprint density at radius 1 is 1.09 bits per heavy atom. The maximum Gasteiger partial charge on any atom is 0.417 e. The zero-order valence-corrected chi connectivity index (χ0v) is 18.8.